The monoisotopic (exact) mass is 170 g/mol. The Morgan fingerprint density at radius 2 is 2.45 bits per heavy atom. The number of hydrogen-bond acceptors (Lipinski definition) is 2. The van der Waals surface area contributed by atoms with Crippen LogP contribution in [0.25, 0.3) is 0 Å². The number of primary amides is 1. The van der Waals surface area contributed by atoms with E-state index in [1.54, 1.807) is 12.2 Å². The second-order valence-electron chi connectivity index (χ2n) is 1.96. The zero-order valence-corrected chi connectivity index (χ0v) is 6.38. The zero-order chi connectivity index (χ0) is 8.27. The van der Waals surface area contributed by atoms with Crippen LogP contribution in [-0.4, -0.2) is 21.3 Å². The maximum Gasteiger partial charge on any atom is 0.231 e. The molecule has 0 saturated heterocycles. The molecule has 1 rings (SSSR count). The Balaban J connectivity index is 2.97. The van der Waals surface area contributed by atoms with Crippen LogP contribution in [0, 0.1) is 5.92 Å². The molecule has 0 aliphatic carbocycles. The highest BCUT2D eigenvalue weighted by molar-refractivity contribution is 7.66. The van der Waals surface area contributed by atoms with Crippen LogP contribution in [0.5, 0.6) is 0 Å². The maximum atomic E-state index is 10.6. The van der Waals surface area contributed by atoms with Crippen molar-refractivity contribution < 1.29 is 9.00 Å². The van der Waals surface area contributed by atoms with Crippen LogP contribution in [0.4, 0.5) is 0 Å². The number of nitrogens with zero attached hydrogens (tertiary/aromatic N) is 1. The summed E-state index contributed by atoms with van der Waals surface area (Å²) in [5, 5.41) is 0. The summed E-state index contributed by atoms with van der Waals surface area (Å²) in [5.74, 6) is -1.18. The first-order chi connectivity index (χ1) is 5.25. The lowest BCUT2D eigenvalue weighted by molar-refractivity contribution is -0.118. The van der Waals surface area contributed by atoms with E-state index in [2.05, 4.69) is 4.99 Å². The van der Waals surface area contributed by atoms with E-state index in [-0.39, 0.29) is 16.2 Å². The van der Waals surface area contributed by atoms with Gasteiger partial charge in [-0.05, 0) is 6.08 Å². The average molecular weight is 170 g/mol. The fourth-order valence-electron chi connectivity index (χ4n) is 0.730. The van der Waals surface area contributed by atoms with Gasteiger partial charge in [0.1, 0.15) is 22.2 Å². The summed E-state index contributed by atoms with van der Waals surface area (Å²) in [6.45, 7) is 0. The van der Waals surface area contributed by atoms with Crippen LogP contribution in [0.2, 0.25) is 0 Å². The summed E-state index contributed by atoms with van der Waals surface area (Å²) in [4.78, 5) is 14.6. The van der Waals surface area contributed by atoms with E-state index in [9.17, 15) is 9.00 Å². The largest absolute Gasteiger partial charge is 0.369 e. The molecule has 0 aromatic heterocycles. The number of aliphatic imine (C=N–C) groups is 1. The van der Waals surface area contributed by atoms with E-state index in [1.165, 1.54) is 6.21 Å². The molecule has 11 heavy (non-hydrogen) atoms. The molecule has 2 N–H and O–H groups in total. The minimum Gasteiger partial charge on any atom is -0.369 e. The van der Waals surface area contributed by atoms with Crippen molar-refractivity contribution in [1.82, 2.24) is 0 Å². The quantitative estimate of drug-likeness (QED) is 0.516. The van der Waals surface area contributed by atoms with Crippen LogP contribution in [0.1, 0.15) is 0 Å². The number of carbonyl (C=O) groups is 1. The van der Waals surface area contributed by atoms with Gasteiger partial charge >= 0.3 is 0 Å². The highest BCUT2D eigenvalue weighted by atomic mass is 32.1. The molecule has 1 unspecified atom stereocenters. The maximum absolute atomic E-state index is 10.6. The van der Waals surface area contributed by atoms with E-state index in [4.69, 9.17) is 5.73 Å². The molecule has 1 aliphatic rings. The van der Waals surface area contributed by atoms with Gasteiger partial charge in [-0.2, -0.15) is 0 Å². The van der Waals surface area contributed by atoms with Crippen LogP contribution in [0.3, 0.4) is 0 Å². The first kappa shape index (κ1) is 7.87. The fourth-order valence-corrected chi connectivity index (χ4v) is 1.13. The average Bonchev–Trinajstić information content (AvgIpc) is 2.04. The first-order valence-electron chi connectivity index (χ1n) is 2.92. The fraction of sp³-hybridized carbons (Fsp3) is 0.167. The van der Waals surface area contributed by atoms with Gasteiger partial charge in [0.2, 0.25) is 5.91 Å². The number of carbonyl (C=O) groups excluding carboxylic acids is 1. The lowest BCUT2D eigenvalue weighted by atomic mass is 10.1. The Kier molecular flexibility index (Phi) is 2.32. The molecule has 58 valence electrons. The minimum absolute atomic E-state index is 0.199. The van der Waals surface area contributed by atoms with Gasteiger partial charge in [0, 0.05) is 6.21 Å². The molecule has 1 aliphatic heterocycles. The van der Waals surface area contributed by atoms with Crippen LogP contribution >= 0.6 is 0 Å². The predicted octanol–water partition coefficient (Wildman–Crippen LogP) is -0.929. The van der Waals surface area contributed by atoms with Crippen LogP contribution in [-0.2, 0) is 16.1 Å². The molecule has 0 radical (unpaired) electrons. The molecular weight excluding hydrogens is 164 g/mol. The normalized spacial score (nSPS) is 21.8. The molecule has 1 amide bonds. The number of allylic oxidation sites excluding steroid dienone is 1. The Bertz CT molecular complexity index is 289. The van der Waals surface area contributed by atoms with Gasteiger partial charge in [-0.15, -0.1) is 0 Å². The number of rotatable bonds is 1. The molecule has 0 aromatic carbocycles. The molecule has 1 heterocycles. The van der Waals surface area contributed by atoms with Gasteiger partial charge in [0.15, 0.2) is 0 Å². The Morgan fingerprint density at radius 1 is 1.73 bits per heavy atom. The smallest absolute Gasteiger partial charge is 0.231 e. The van der Waals surface area contributed by atoms with Crippen LogP contribution < -0.4 is 5.73 Å². The number of nitrogens with two attached hydrogens (primary N) is 1. The topological polar surface area (TPSA) is 72.5 Å². The van der Waals surface area contributed by atoms with Crippen molar-refractivity contribution in [3.8, 4) is 0 Å². The Morgan fingerprint density at radius 3 is 2.91 bits per heavy atom. The summed E-state index contributed by atoms with van der Waals surface area (Å²) in [6.07, 6.45) is 4.60. The molecule has 0 aromatic rings. The van der Waals surface area contributed by atoms with E-state index in [0.717, 1.165) is 0 Å². The lowest BCUT2D eigenvalue weighted by Crippen LogP contribution is -2.29. The van der Waals surface area contributed by atoms with E-state index < -0.39 is 11.8 Å². The number of amides is 1. The summed E-state index contributed by atoms with van der Waals surface area (Å²) in [6, 6.07) is 0. The van der Waals surface area contributed by atoms with Crippen molar-refractivity contribution in [3.63, 3.8) is 0 Å². The summed E-state index contributed by atoms with van der Waals surface area (Å²) in [7, 11) is 0. The van der Waals surface area contributed by atoms with Gasteiger partial charge in [0.25, 0.3) is 0 Å². The summed E-state index contributed by atoms with van der Waals surface area (Å²) >= 11 is 0.199. The van der Waals surface area contributed by atoms with Crippen molar-refractivity contribution >= 4 is 28.4 Å². The molecular formula is C6H6N2O2S. The van der Waals surface area contributed by atoms with E-state index in [1.807, 2.05) is 0 Å². The summed E-state index contributed by atoms with van der Waals surface area (Å²) in [5.41, 5.74) is 5.00. The van der Waals surface area contributed by atoms with Gasteiger partial charge in [-0.3, -0.25) is 4.79 Å². The molecule has 0 fully saturated rings. The van der Waals surface area contributed by atoms with Crippen molar-refractivity contribution in [2.75, 3.05) is 0 Å². The second kappa shape index (κ2) is 3.25. The minimum atomic E-state index is -0.637. The van der Waals surface area contributed by atoms with Gasteiger partial charge in [-0.25, -0.2) is 9.20 Å². The number of hydrogen-bond donors (Lipinski definition) is 1. The highest BCUT2D eigenvalue weighted by Gasteiger charge is 2.19. The summed E-state index contributed by atoms with van der Waals surface area (Å²) < 4.78 is 10.3. The molecule has 0 bridgehead atoms. The van der Waals surface area contributed by atoms with E-state index in [0.29, 0.717) is 0 Å². The molecule has 0 spiro atoms. The third kappa shape index (κ3) is 1.62. The third-order valence-electron chi connectivity index (χ3n) is 1.25. The molecule has 0 saturated carbocycles. The zero-order valence-electron chi connectivity index (χ0n) is 5.56. The standard InChI is InChI=1S/C6H6N2O2S/c7-5(9)4-2-1-3-8-6(4)11-10/h1-4H,(H2,7,9). The second-order valence-corrected chi connectivity index (χ2v) is 2.55. The highest BCUT2D eigenvalue weighted by Crippen LogP contribution is 2.04. The van der Waals surface area contributed by atoms with E-state index >= 15 is 0 Å². The Hall–Kier alpha value is -1.23. The van der Waals surface area contributed by atoms with Crippen LogP contribution in [0.15, 0.2) is 17.1 Å². The van der Waals surface area contributed by atoms with Gasteiger partial charge in [0.05, 0.1) is 0 Å². The SMILES string of the molecule is NC(=O)C1C=CC=NC1=S=O. The van der Waals surface area contributed by atoms with Gasteiger partial charge in [-0.1, -0.05) is 6.08 Å². The Labute approximate surface area is 66.9 Å². The van der Waals surface area contributed by atoms with Crippen molar-refractivity contribution in [1.29, 1.82) is 0 Å². The van der Waals surface area contributed by atoms with Crippen molar-refractivity contribution in [2.24, 2.45) is 16.6 Å². The van der Waals surface area contributed by atoms with Gasteiger partial charge < -0.3 is 5.73 Å². The lowest BCUT2D eigenvalue weighted by Gasteiger charge is -2.07. The molecule has 5 heteroatoms. The molecule has 4 nitrogen and oxygen atoms in total. The number of dihydropyridines is 1. The van der Waals surface area contributed by atoms with Crippen molar-refractivity contribution in [2.45, 2.75) is 0 Å². The van der Waals surface area contributed by atoms with Crippen molar-refractivity contribution in [3.05, 3.63) is 12.2 Å². The third-order valence-corrected chi connectivity index (χ3v) is 1.78. The molecule has 1 atom stereocenters. The first-order valence-corrected chi connectivity index (χ1v) is 3.66. The predicted molar refractivity (Wildman–Crippen MR) is 43.5 cm³/mol.